The average molecular weight is 232 g/mol. The zero-order chi connectivity index (χ0) is 12.1. The highest BCUT2D eigenvalue weighted by atomic mass is 15.1. The van der Waals surface area contributed by atoms with Crippen LogP contribution in [0.5, 0.6) is 0 Å². The summed E-state index contributed by atoms with van der Waals surface area (Å²) in [4.78, 5) is 2.51. The van der Waals surface area contributed by atoms with Gasteiger partial charge in [0.1, 0.15) is 0 Å². The Morgan fingerprint density at radius 3 is 2.94 bits per heavy atom. The van der Waals surface area contributed by atoms with Crippen LogP contribution in [0, 0.1) is 0 Å². The Kier molecular flexibility index (Phi) is 4.43. The minimum atomic E-state index is 1.09. The van der Waals surface area contributed by atoms with Crippen molar-refractivity contribution in [1.82, 2.24) is 4.90 Å². The van der Waals surface area contributed by atoms with Gasteiger partial charge >= 0.3 is 0 Å². The smallest absolute Gasteiger partial charge is 0.0372 e. The van der Waals surface area contributed by atoms with Crippen LogP contribution in [0.25, 0.3) is 0 Å². The fraction of sp³-hybridized carbons (Fsp3) is 0.600. The number of nitrogens with zero attached hydrogens (tertiary/aromatic N) is 1. The number of rotatable bonds is 5. The Morgan fingerprint density at radius 1 is 1.29 bits per heavy atom. The van der Waals surface area contributed by atoms with Crippen LogP contribution in [0.3, 0.4) is 0 Å². The number of anilines is 1. The van der Waals surface area contributed by atoms with E-state index in [1.165, 1.54) is 42.6 Å². The summed E-state index contributed by atoms with van der Waals surface area (Å²) in [5.41, 5.74) is 4.31. The third kappa shape index (κ3) is 3.22. The third-order valence-electron chi connectivity index (χ3n) is 3.50. The summed E-state index contributed by atoms with van der Waals surface area (Å²) < 4.78 is 0. The Morgan fingerprint density at radius 2 is 2.18 bits per heavy atom. The molecule has 2 rings (SSSR count). The predicted octanol–water partition coefficient (Wildman–Crippen LogP) is 3.28. The van der Waals surface area contributed by atoms with E-state index in [0.717, 1.165) is 19.6 Å². The van der Waals surface area contributed by atoms with E-state index in [4.69, 9.17) is 0 Å². The maximum Gasteiger partial charge on any atom is 0.0372 e. The maximum absolute atomic E-state index is 3.47. The van der Waals surface area contributed by atoms with Gasteiger partial charge in [-0.05, 0) is 49.5 Å². The van der Waals surface area contributed by atoms with Crippen LogP contribution in [-0.2, 0) is 13.0 Å². The van der Waals surface area contributed by atoms with Crippen molar-refractivity contribution in [2.45, 2.75) is 39.7 Å². The lowest BCUT2D eigenvalue weighted by molar-refractivity contribution is 0.280. The summed E-state index contributed by atoms with van der Waals surface area (Å²) in [6, 6.07) is 6.92. The van der Waals surface area contributed by atoms with Gasteiger partial charge in [-0.2, -0.15) is 0 Å². The number of benzene rings is 1. The Balaban J connectivity index is 2.05. The zero-order valence-corrected chi connectivity index (χ0v) is 11.1. The minimum Gasteiger partial charge on any atom is -0.385 e. The standard InChI is InChI=1S/C15H24N2/c1-3-10-17(4-2)12-13-7-8-15-14(11-13)6-5-9-16-15/h7-8,11,16H,3-6,9-10,12H2,1-2H3. The van der Waals surface area contributed by atoms with Crippen molar-refractivity contribution in [2.24, 2.45) is 0 Å². The van der Waals surface area contributed by atoms with E-state index in [1.54, 1.807) is 0 Å². The second kappa shape index (κ2) is 6.06. The van der Waals surface area contributed by atoms with Gasteiger partial charge in [0, 0.05) is 18.8 Å². The molecule has 1 aromatic carbocycles. The molecule has 0 fully saturated rings. The molecule has 17 heavy (non-hydrogen) atoms. The number of aryl methyl sites for hydroxylation is 1. The first-order valence-electron chi connectivity index (χ1n) is 6.91. The molecule has 1 aliphatic heterocycles. The lowest BCUT2D eigenvalue weighted by atomic mass is 10.0. The molecule has 1 aromatic rings. The van der Waals surface area contributed by atoms with Gasteiger partial charge in [-0.15, -0.1) is 0 Å². The van der Waals surface area contributed by atoms with E-state index in [2.05, 4.69) is 42.3 Å². The van der Waals surface area contributed by atoms with Crippen molar-refractivity contribution in [1.29, 1.82) is 0 Å². The molecular weight excluding hydrogens is 208 g/mol. The first kappa shape index (κ1) is 12.4. The summed E-state index contributed by atoms with van der Waals surface area (Å²) in [6.45, 7) is 9.06. The van der Waals surface area contributed by atoms with E-state index < -0.39 is 0 Å². The second-order valence-electron chi connectivity index (χ2n) is 4.89. The molecule has 0 amide bonds. The van der Waals surface area contributed by atoms with E-state index in [-0.39, 0.29) is 0 Å². The van der Waals surface area contributed by atoms with Crippen molar-refractivity contribution >= 4 is 5.69 Å². The van der Waals surface area contributed by atoms with E-state index in [1.807, 2.05) is 0 Å². The van der Waals surface area contributed by atoms with Gasteiger partial charge in [-0.3, -0.25) is 4.90 Å². The van der Waals surface area contributed by atoms with E-state index >= 15 is 0 Å². The predicted molar refractivity (Wildman–Crippen MR) is 74.5 cm³/mol. The van der Waals surface area contributed by atoms with Gasteiger partial charge in [-0.1, -0.05) is 26.0 Å². The van der Waals surface area contributed by atoms with Gasteiger partial charge in [0.25, 0.3) is 0 Å². The van der Waals surface area contributed by atoms with Crippen LogP contribution in [0.1, 0.15) is 37.8 Å². The molecule has 1 aliphatic rings. The molecule has 0 bridgehead atoms. The van der Waals surface area contributed by atoms with Crippen molar-refractivity contribution in [3.8, 4) is 0 Å². The second-order valence-corrected chi connectivity index (χ2v) is 4.89. The molecule has 0 aliphatic carbocycles. The molecule has 1 N–H and O–H groups in total. The highest BCUT2D eigenvalue weighted by molar-refractivity contribution is 5.54. The van der Waals surface area contributed by atoms with Crippen molar-refractivity contribution in [2.75, 3.05) is 25.0 Å². The van der Waals surface area contributed by atoms with Crippen LogP contribution >= 0.6 is 0 Å². The SMILES string of the molecule is CCCN(CC)Cc1ccc2c(c1)CCCN2. The fourth-order valence-electron chi connectivity index (χ4n) is 2.55. The summed E-state index contributed by atoms with van der Waals surface area (Å²) in [7, 11) is 0. The maximum atomic E-state index is 3.47. The lowest BCUT2D eigenvalue weighted by Crippen LogP contribution is -2.23. The number of hydrogen-bond acceptors (Lipinski definition) is 2. The summed E-state index contributed by atoms with van der Waals surface area (Å²) in [5.74, 6) is 0. The topological polar surface area (TPSA) is 15.3 Å². The average Bonchev–Trinajstić information content (AvgIpc) is 2.38. The first-order valence-corrected chi connectivity index (χ1v) is 6.91. The van der Waals surface area contributed by atoms with Crippen molar-refractivity contribution in [3.63, 3.8) is 0 Å². The largest absolute Gasteiger partial charge is 0.385 e. The number of fused-ring (bicyclic) bond motifs is 1. The van der Waals surface area contributed by atoms with Crippen LogP contribution in [0.15, 0.2) is 18.2 Å². The highest BCUT2D eigenvalue weighted by Crippen LogP contribution is 2.23. The van der Waals surface area contributed by atoms with E-state index in [0.29, 0.717) is 0 Å². The number of hydrogen-bond donors (Lipinski definition) is 1. The molecule has 94 valence electrons. The normalized spacial score (nSPS) is 14.5. The summed E-state index contributed by atoms with van der Waals surface area (Å²) in [5, 5.41) is 3.47. The quantitative estimate of drug-likeness (QED) is 0.838. The van der Waals surface area contributed by atoms with Crippen LogP contribution in [-0.4, -0.2) is 24.5 Å². The van der Waals surface area contributed by atoms with Crippen molar-refractivity contribution < 1.29 is 0 Å². The van der Waals surface area contributed by atoms with Crippen LogP contribution in [0.2, 0.25) is 0 Å². The monoisotopic (exact) mass is 232 g/mol. The van der Waals surface area contributed by atoms with Gasteiger partial charge in [0.2, 0.25) is 0 Å². The third-order valence-corrected chi connectivity index (χ3v) is 3.50. The Labute approximate surface area is 105 Å². The highest BCUT2D eigenvalue weighted by Gasteiger charge is 2.10. The van der Waals surface area contributed by atoms with Crippen LogP contribution in [0.4, 0.5) is 5.69 Å². The molecule has 0 atom stereocenters. The Hall–Kier alpha value is -1.02. The first-order chi connectivity index (χ1) is 8.33. The molecule has 0 radical (unpaired) electrons. The molecule has 0 saturated heterocycles. The zero-order valence-electron chi connectivity index (χ0n) is 11.1. The molecule has 2 heteroatoms. The molecule has 0 aromatic heterocycles. The van der Waals surface area contributed by atoms with Gasteiger partial charge < -0.3 is 5.32 Å². The minimum absolute atomic E-state index is 1.09. The molecule has 2 nitrogen and oxygen atoms in total. The van der Waals surface area contributed by atoms with Gasteiger partial charge in [0.05, 0.1) is 0 Å². The Bertz CT molecular complexity index is 360. The van der Waals surface area contributed by atoms with Crippen molar-refractivity contribution in [3.05, 3.63) is 29.3 Å². The molecule has 1 heterocycles. The lowest BCUT2D eigenvalue weighted by Gasteiger charge is -2.22. The molecule has 0 unspecified atom stereocenters. The summed E-state index contributed by atoms with van der Waals surface area (Å²) >= 11 is 0. The van der Waals surface area contributed by atoms with Gasteiger partial charge in [0.15, 0.2) is 0 Å². The van der Waals surface area contributed by atoms with Crippen LogP contribution < -0.4 is 5.32 Å². The molecule has 0 spiro atoms. The fourth-order valence-corrected chi connectivity index (χ4v) is 2.55. The van der Waals surface area contributed by atoms with E-state index in [9.17, 15) is 0 Å². The van der Waals surface area contributed by atoms with Gasteiger partial charge in [-0.25, -0.2) is 0 Å². The molecular formula is C15H24N2. The molecule has 0 saturated carbocycles. The summed E-state index contributed by atoms with van der Waals surface area (Å²) in [6.07, 6.45) is 3.74. The number of nitrogens with one attached hydrogen (secondary N) is 1.